The molecule has 0 saturated heterocycles. The Kier molecular flexibility index (Phi) is 4.23. The smallest absolute Gasteiger partial charge is 0.191 e. The maximum atomic E-state index is 14.5. The van der Waals surface area contributed by atoms with E-state index in [4.69, 9.17) is 11.5 Å². The summed E-state index contributed by atoms with van der Waals surface area (Å²) in [6.07, 6.45) is 0. The molecule has 25 heavy (non-hydrogen) atoms. The number of aromatic nitrogens is 1. The minimum Gasteiger partial charge on any atom is -0.370 e. The van der Waals surface area contributed by atoms with Gasteiger partial charge in [-0.3, -0.25) is 4.98 Å². The molecule has 5 heteroatoms. The van der Waals surface area contributed by atoms with Crippen LogP contribution in [0.1, 0.15) is 16.8 Å². The van der Waals surface area contributed by atoms with Gasteiger partial charge in [0.15, 0.2) is 5.96 Å². The lowest BCUT2D eigenvalue weighted by atomic mass is 9.93. The largest absolute Gasteiger partial charge is 0.370 e. The average Bonchev–Trinajstić information content (AvgIpc) is 2.56. The summed E-state index contributed by atoms with van der Waals surface area (Å²) in [4.78, 5) is 8.61. The van der Waals surface area contributed by atoms with E-state index >= 15 is 0 Å². The van der Waals surface area contributed by atoms with Crippen molar-refractivity contribution in [2.75, 3.05) is 0 Å². The zero-order chi connectivity index (χ0) is 18.1. The maximum absolute atomic E-state index is 14.5. The zero-order valence-corrected chi connectivity index (χ0v) is 14.2. The van der Waals surface area contributed by atoms with Crippen molar-refractivity contribution < 1.29 is 4.39 Å². The van der Waals surface area contributed by atoms with Gasteiger partial charge in [0.2, 0.25) is 0 Å². The Morgan fingerprint density at radius 1 is 1.12 bits per heavy atom. The summed E-state index contributed by atoms with van der Waals surface area (Å²) in [5.41, 5.74) is 16.0. The van der Waals surface area contributed by atoms with Crippen LogP contribution >= 0.6 is 0 Å². The van der Waals surface area contributed by atoms with Gasteiger partial charge in [0.1, 0.15) is 5.82 Å². The first-order chi connectivity index (χ1) is 11.9. The van der Waals surface area contributed by atoms with Crippen LogP contribution in [-0.4, -0.2) is 10.9 Å². The van der Waals surface area contributed by atoms with Crippen molar-refractivity contribution in [3.63, 3.8) is 0 Å². The Labute approximate surface area is 145 Å². The fourth-order valence-corrected chi connectivity index (χ4v) is 2.89. The number of hydrogen-bond donors (Lipinski definition) is 2. The summed E-state index contributed by atoms with van der Waals surface area (Å²) in [5, 5.41) is 0.831. The number of guanidine groups is 1. The molecule has 3 aromatic rings. The minimum absolute atomic E-state index is 0.0577. The van der Waals surface area contributed by atoms with E-state index < -0.39 is 0 Å². The van der Waals surface area contributed by atoms with Crippen molar-refractivity contribution in [1.29, 1.82) is 0 Å². The van der Waals surface area contributed by atoms with E-state index in [0.717, 1.165) is 33.3 Å². The molecule has 1 heterocycles. The maximum Gasteiger partial charge on any atom is 0.191 e. The SMILES string of the molecule is C=C(N=C(N)N)c1ccc2nc(C)c(C)c(-c3ccccc3F)c2c1. The molecule has 0 bridgehead atoms. The molecule has 0 fully saturated rings. The Balaban J connectivity index is 2.34. The molecule has 126 valence electrons. The molecule has 0 aliphatic heterocycles. The first kappa shape index (κ1) is 16.6. The third-order valence-electron chi connectivity index (χ3n) is 4.21. The summed E-state index contributed by atoms with van der Waals surface area (Å²) in [7, 11) is 0. The number of nitrogens with two attached hydrogens (primary N) is 2. The predicted molar refractivity (Wildman–Crippen MR) is 101 cm³/mol. The minimum atomic E-state index is -0.272. The van der Waals surface area contributed by atoms with Crippen molar-refractivity contribution in [1.82, 2.24) is 4.98 Å². The van der Waals surface area contributed by atoms with Crippen LogP contribution in [0.4, 0.5) is 4.39 Å². The molecule has 0 aliphatic carbocycles. The molecule has 0 aliphatic rings. The van der Waals surface area contributed by atoms with Gasteiger partial charge in [-0.2, -0.15) is 0 Å². The molecular formula is C20H19FN4. The average molecular weight is 334 g/mol. The summed E-state index contributed by atoms with van der Waals surface area (Å²) >= 11 is 0. The Morgan fingerprint density at radius 3 is 2.52 bits per heavy atom. The molecule has 4 N–H and O–H groups in total. The number of aryl methyl sites for hydroxylation is 1. The van der Waals surface area contributed by atoms with Crippen LogP contribution in [0.2, 0.25) is 0 Å². The predicted octanol–water partition coefficient (Wildman–Crippen LogP) is 3.90. The highest BCUT2D eigenvalue weighted by molar-refractivity contribution is 5.98. The van der Waals surface area contributed by atoms with Gasteiger partial charge in [-0.1, -0.05) is 30.8 Å². The highest BCUT2D eigenvalue weighted by atomic mass is 19.1. The fourth-order valence-electron chi connectivity index (χ4n) is 2.89. The number of fused-ring (bicyclic) bond motifs is 1. The number of nitrogens with zero attached hydrogens (tertiary/aromatic N) is 2. The van der Waals surface area contributed by atoms with E-state index in [-0.39, 0.29) is 11.8 Å². The second-order valence-electron chi connectivity index (χ2n) is 5.89. The standard InChI is InChI=1S/C20H19FN4/c1-11-12(2)24-18-9-8-14(13(3)25-20(22)23)10-16(18)19(11)15-6-4-5-7-17(15)21/h4-10H,3H2,1-2H3,(H4,22,23,25). The quantitative estimate of drug-likeness (QED) is 0.563. The Morgan fingerprint density at radius 2 is 1.84 bits per heavy atom. The first-order valence-electron chi connectivity index (χ1n) is 7.83. The number of aliphatic imine (C=N–C) groups is 1. The molecule has 0 atom stereocenters. The second-order valence-corrected chi connectivity index (χ2v) is 5.89. The Bertz CT molecular complexity index is 1020. The van der Waals surface area contributed by atoms with Gasteiger partial charge in [0.25, 0.3) is 0 Å². The van der Waals surface area contributed by atoms with Gasteiger partial charge in [-0.25, -0.2) is 9.38 Å². The molecule has 0 radical (unpaired) electrons. The third-order valence-corrected chi connectivity index (χ3v) is 4.21. The van der Waals surface area contributed by atoms with Crippen LogP contribution in [0, 0.1) is 19.7 Å². The molecule has 0 saturated carbocycles. The van der Waals surface area contributed by atoms with E-state index in [0.29, 0.717) is 11.3 Å². The van der Waals surface area contributed by atoms with Crippen molar-refractivity contribution in [3.8, 4) is 11.1 Å². The van der Waals surface area contributed by atoms with Gasteiger partial charge < -0.3 is 11.5 Å². The lowest BCUT2D eigenvalue weighted by Crippen LogP contribution is -2.22. The fraction of sp³-hybridized carbons (Fsp3) is 0.100. The third kappa shape index (κ3) is 3.08. The molecule has 0 amide bonds. The number of pyridine rings is 1. The van der Waals surface area contributed by atoms with Gasteiger partial charge in [0, 0.05) is 22.2 Å². The summed E-state index contributed by atoms with van der Waals surface area (Å²) < 4.78 is 14.5. The van der Waals surface area contributed by atoms with Gasteiger partial charge in [-0.15, -0.1) is 0 Å². The zero-order valence-electron chi connectivity index (χ0n) is 14.2. The summed E-state index contributed by atoms with van der Waals surface area (Å²) in [6.45, 7) is 7.76. The van der Waals surface area contributed by atoms with Crippen LogP contribution in [0.15, 0.2) is 54.0 Å². The van der Waals surface area contributed by atoms with E-state index in [1.54, 1.807) is 12.1 Å². The number of halogens is 1. The molecule has 0 spiro atoms. The van der Waals surface area contributed by atoms with Crippen LogP contribution in [0.25, 0.3) is 27.7 Å². The van der Waals surface area contributed by atoms with Gasteiger partial charge >= 0.3 is 0 Å². The molecule has 2 aromatic carbocycles. The summed E-state index contributed by atoms with van der Waals surface area (Å²) in [5.74, 6) is -0.330. The van der Waals surface area contributed by atoms with Crippen molar-refractivity contribution in [2.24, 2.45) is 16.5 Å². The van der Waals surface area contributed by atoms with Crippen molar-refractivity contribution >= 4 is 22.6 Å². The molecular weight excluding hydrogens is 315 g/mol. The van der Waals surface area contributed by atoms with Crippen LogP contribution in [-0.2, 0) is 0 Å². The highest BCUT2D eigenvalue weighted by Gasteiger charge is 2.15. The summed E-state index contributed by atoms with van der Waals surface area (Å²) in [6, 6.07) is 12.3. The number of benzene rings is 2. The van der Waals surface area contributed by atoms with Crippen molar-refractivity contribution in [3.05, 3.63) is 71.7 Å². The molecule has 1 aromatic heterocycles. The normalized spacial score (nSPS) is 10.7. The Hall–Kier alpha value is -3.21. The molecule has 3 rings (SSSR count). The lowest BCUT2D eigenvalue weighted by molar-refractivity contribution is 0.631. The number of hydrogen-bond acceptors (Lipinski definition) is 2. The van der Waals surface area contributed by atoms with Gasteiger partial charge in [0.05, 0.1) is 11.2 Å². The number of rotatable bonds is 3. The van der Waals surface area contributed by atoms with E-state index in [2.05, 4.69) is 16.6 Å². The first-order valence-corrected chi connectivity index (χ1v) is 7.83. The monoisotopic (exact) mass is 334 g/mol. The van der Waals surface area contributed by atoms with E-state index in [1.165, 1.54) is 6.07 Å². The second kappa shape index (κ2) is 6.36. The van der Waals surface area contributed by atoms with Crippen LogP contribution in [0.5, 0.6) is 0 Å². The molecule has 4 nitrogen and oxygen atoms in total. The highest BCUT2D eigenvalue weighted by Crippen LogP contribution is 2.35. The lowest BCUT2D eigenvalue weighted by Gasteiger charge is -2.14. The van der Waals surface area contributed by atoms with E-state index in [1.807, 2.05) is 38.1 Å². The van der Waals surface area contributed by atoms with Crippen LogP contribution < -0.4 is 11.5 Å². The van der Waals surface area contributed by atoms with Crippen molar-refractivity contribution in [2.45, 2.75) is 13.8 Å². The van der Waals surface area contributed by atoms with Crippen LogP contribution in [0.3, 0.4) is 0 Å². The van der Waals surface area contributed by atoms with Gasteiger partial charge in [-0.05, 0) is 43.2 Å². The van der Waals surface area contributed by atoms with E-state index in [9.17, 15) is 4.39 Å². The molecule has 0 unspecified atom stereocenters. The topological polar surface area (TPSA) is 77.3 Å².